The molecule has 7 heteroatoms. The average Bonchev–Trinajstić information content (AvgIpc) is 3.07. The van der Waals surface area contributed by atoms with E-state index in [2.05, 4.69) is 52.0 Å². The van der Waals surface area contributed by atoms with Gasteiger partial charge in [-0.1, -0.05) is 29.8 Å². The standard InChI is InChI=1S/C16H21N5O2/c1-12-4-6-13(7-5-12)16-14(3-2-8-23-16)9-17-15(22)10-21-11-18-19-20-21/h4-7,11,14,16H,2-3,8-10H2,1H3,(H,17,22). The Kier molecular flexibility index (Phi) is 4.97. The number of aryl methyl sites for hydroxylation is 1. The Morgan fingerprint density at radius 1 is 1.39 bits per heavy atom. The minimum Gasteiger partial charge on any atom is -0.373 e. The molecule has 0 spiro atoms. The Balaban J connectivity index is 1.58. The van der Waals surface area contributed by atoms with E-state index in [0.717, 1.165) is 19.4 Å². The monoisotopic (exact) mass is 315 g/mol. The van der Waals surface area contributed by atoms with E-state index in [1.54, 1.807) is 0 Å². The first-order valence-electron chi connectivity index (χ1n) is 7.88. The molecule has 1 amide bonds. The largest absolute Gasteiger partial charge is 0.373 e. The summed E-state index contributed by atoms with van der Waals surface area (Å²) < 4.78 is 7.37. The van der Waals surface area contributed by atoms with E-state index < -0.39 is 0 Å². The van der Waals surface area contributed by atoms with Crippen LogP contribution in [0.4, 0.5) is 0 Å². The fourth-order valence-corrected chi connectivity index (χ4v) is 2.88. The molecule has 0 saturated carbocycles. The molecule has 23 heavy (non-hydrogen) atoms. The SMILES string of the molecule is Cc1ccc(C2OCCCC2CNC(=O)Cn2cnnn2)cc1. The Hall–Kier alpha value is -2.28. The van der Waals surface area contributed by atoms with Crippen molar-refractivity contribution in [2.45, 2.75) is 32.4 Å². The van der Waals surface area contributed by atoms with E-state index in [9.17, 15) is 4.79 Å². The summed E-state index contributed by atoms with van der Waals surface area (Å²) in [5.74, 6) is 0.190. The highest BCUT2D eigenvalue weighted by Crippen LogP contribution is 2.33. The predicted molar refractivity (Wildman–Crippen MR) is 83.4 cm³/mol. The van der Waals surface area contributed by atoms with Crippen LogP contribution >= 0.6 is 0 Å². The van der Waals surface area contributed by atoms with Crippen molar-refractivity contribution in [2.24, 2.45) is 5.92 Å². The maximum absolute atomic E-state index is 12.0. The summed E-state index contributed by atoms with van der Waals surface area (Å²) in [7, 11) is 0. The predicted octanol–water partition coefficient (Wildman–Crippen LogP) is 1.27. The van der Waals surface area contributed by atoms with Crippen molar-refractivity contribution in [3.8, 4) is 0 Å². The first-order chi connectivity index (χ1) is 11.2. The van der Waals surface area contributed by atoms with E-state index in [1.807, 2.05) is 0 Å². The smallest absolute Gasteiger partial charge is 0.241 e. The lowest BCUT2D eigenvalue weighted by Gasteiger charge is -2.32. The third-order valence-electron chi connectivity index (χ3n) is 4.11. The van der Waals surface area contributed by atoms with E-state index >= 15 is 0 Å². The number of hydrogen-bond acceptors (Lipinski definition) is 5. The number of carbonyl (C=O) groups is 1. The number of rotatable bonds is 5. The van der Waals surface area contributed by atoms with Crippen LogP contribution in [-0.2, 0) is 16.1 Å². The van der Waals surface area contributed by atoms with Crippen LogP contribution in [0.3, 0.4) is 0 Å². The highest BCUT2D eigenvalue weighted by Gasteiger charge is 2.27. The molecule has 2 atom stereocenters. The van der Waals surface area contributed by atoms with E-state index in [4.69, 9.17) is 4.74 Å². The van der Waals surface area contributed by atoms with Crippen LogP contribution in [0.25, 0.3) is 0 Å². The molecular weight excluding hydrogens is 294 g/mol. The summed E-state index contributed by atoms with van der Waals surface area (Å²) in [5.41, 5.74) is 2.41. The molecule has 1 fully saturated rings. The minimum atomic E-state index is -0.0921. The lowest BCUT2D eigenvalue weighted by Crippen LogP contribution is -2.36. The van der Waals surface area contributed by atoms with Gasteiger partial charge in [-0.05, 0) is 35.8 Å². The van der Waals surface area contributed by atoms with Gasteiger partial charge in [-0.25, -0.2) is 4.68 Å². The molecule has 1 aromatic carbocycles. The molecule has 2 unspecified atom stereocenters. The zero-order valence-corrected chi connectivity index (χ0v) is 13.2. The van der Waals surface area contributed by atoms with Crippen molar-refractivity contribution in [3.05, 3.63) is 41.7 Å². The summed E-state index contributed by atoms with van der Waals surface area (Å²) in [5, 5.41) is 13.7. The van der Waals surface area contributed by atoms with Crippen molar-refractivity contribution in [2.75, 3.05) is 13.2 Å². The molecule has 2 heterocycles. The average molecular weight is 315 g/mol. The summed E-state index contributed by atoms with van der Waals surface area (Å²) in [6.07, 6.45) is 3.54. The molecular formula is C16H21N5O2. The highest BCUT2D eigenvalue weighted by molar-refractivity contribution is 5.75. The Labute approximate surface area is 135 Å². The van der Waals surface area contributed by atoms with Crippen LogP contribution in [0.15, 0.2) is 30.6 Å². The van der Waals surface area contributed by atoms with Gasteiger partial charge in [0, 0.05) is 19.1 Å². The summed E-state index contributed by atoms with van der Waals surface area (Å²) in [4.78, 5) is 12.0. The second kappa shape index (κ2) is 7.32. The first-order valence-corrected chi connectivity index (χ1v) is 7.88. The molecule has 1 aliphatic heterocycles. The first kappa shape index (κ1) is 15.6. The molecule has 3 rings (SSSR count). The lowest BCUT2D eigenvalue weighted by atomic mass is 9.89. The molecule has 2 aromatic rings. The normalized spacial score (nSPS) is 21.1. The number of carbonyl (C=O) groups excluding carboxylic acids is 1. The number of benzene rings is 1. The molecule has 122 valence electrons. The minimum absolute atomic E-state index is 0.0395. The fourth-order valence-electron chi connectivity index (χ4n) is 2.88. The van der Waals surface area contributed by atoms with Gasteiger partial charge in [-0.3, -0.25) is 4.79 Å². The number of aromatic nitrogens is 4. The van der Waals surface area contributed by atoms with Gasteiger partial charge >= 0.3 is 0 Å². The zero-order valence-electron chi connectivity index (χ0n) is 13.2. The number of amides is 1. The quantitative estimate of drug-likeness (QED) is 0.898. The van der Waals surface area contributed by atoms with Gasteiger partial charge < -0.3 is 10.1 Å². The van der Waals surface area contributed by atoms with Crippen LogP contribution in [0.1, 0.15) is 30.1 Å². The fraction of sp³-hybridized carbons (Fsp3) is 0.500. The molecule has 1 aromatic heterocycles. The number of ether oxygens (including phenoxy) is 1. The molecule has 1 aliphatic rings. The highest BCUT2D eigenvalue weighted by atomic mass is 16.5. The molecule has 0 aliphatic carbocycles. The van der Waals surface area contributed by atoms with Gasteiger partial charge in [0.25, 0.3) is 0 Å². The van der Waals surface area contributed by atoms with Crippen molar-refractivity contribution >= 4 is 5.91 Å². The van der Waals surface area contributed by atoms with Gasteiger partial charge in [0.15, 0.2) is 0 Å². The number of nitrogens with one attached hydrogen (secondary N) is 1. The topological polar surface area (TPSA) is 81.9 Å². The second-order valence-electron chi connectivity index (χ2n) is 5.92. The Morgan fingerprint density at radius 2 is 2.22 bits per heavy atom. The van der Waals surface area contributed by atoms with Crippen molar-refractivity contribution in [1.29, 1.82) is 0 Å². The van der Waals surface area contributed by atoms with Crippen LogP contribution in [0, 0.1) is 12.8 Å². The van der Waals surface area contributed by atoms with Crippen molar-refractivity contribution < 1.29 is 9.53 Å². The number of hydrogen-bond donors (Lipinski definition) is 1. The van der Waals surface area contributed by atoms with Crippen LogP contribution in [0.5, 0.6) is 0 Å². The van der Waals surface area contributed by atoms with Crippen LogP contribution in [-0.4, -0.2) is 39.3 Å². The third kappa shape index (κ3) is 4.13. The van der Waals surface area contributed by atoms with Crippen molar-refractivity contribution in [1.82, 2.24) is 25.5 Å². The summed E-state index contributed by atoms with van der Waals surface area (Å²) in [6.45, 7) is 3.57. The van der Waals surface area contributed by atoms with E-state index in [0.29, 0.717) is 6.54 Å². The molecule has 1 N–H and O–H groups in total. The summed E-state index contributed by atoms with van der Waals surface area (Å²) in [6, 6.07) is 8.42. The molecule has 0 radical (unpaired) electrons. The lowest BCUT2D eigenvalue weighted by molar-refractivity contribution is -0.122. The van der Waals surface area contributed by atoms with Crippen molar-refractivity contribution in [3.63, 3.8) is 0 Å². The van der Waals surface area contributed by atoms with Crippen LogP contribution in [0.2, 0.25) is 0 Å². The molecule has 0 bridgehead atoms. The maximum atomic E-state index is 12.0. The van der Waals surface area contributed by atoms with E-state index in [1.165, 1.54) is 22.1 Å². The Bertz CT molecular complexity index is 626. The second-order valence-corrected chi connectivity index (χ2v) is 5.92. The zero-order chi connectivity index (χ0) is 16.1. The summed E-state index contributed by atoms with van der Waals surface area (Å²) >= 11 is 0. The molecule has 7 nitrogen and oxygen atoms in total. The van der Waals surface area contributed by atoms with Gasteiger partial charge in [0.05, 0.1) is 6.10 Å². The van der Waals surface area contributed by atoms with Gasteiger partial charge in [-0.15, -0.1) is 5.10 Å². The molecule has 1 saturated heterocycles. The van der Waals surface area contributed by atoms with Gasteiger partial charge in [-0.2, -0.15) is 0 Å². The Morgan fingerprint density at radius 3 is 2.96 bits per heavy atom. The number of nitrogens with zero attached hydrogens (tertiary/aromatic N) is 4. The van der Waals surface area contributed by atoms with E-state index in [-0.39, 0.29) is 24.5 Å². The van der Waals surface area contributed by atoms with Gasteiger partial charge in [0.2, 0.25) is 5.91 Å². The van der Waals surface area contributed by atoms with Gasteiger partial charge in [0.1, 0.15) is 12.9 Å². The van der Waals surface area contributed by atoms with Crippen LogP contribution < -0.4 is 5.32 Å². The maximum Gasteiger partial charge on any atom is 0.241 e. The number of tetrazole rings is 1. The third-order valence-corrected chi connectivity index (χ3v) is 4.11.